The number of halogens is 4. The molecule has 0 N–H and O–H groups in total. The molecule has 124 valence electrons. The molecular formula is C15H14ClF3N2O2. The SMILES string of the molecule is CCCCOc1cc(C(=O)Cl)nn1-c1cccc(C(F)(F)F)c1. The van der Waals surface area contributed by atoms with Gasteiger partial charge in [-0.1, -0.05) is 19.4 Å². The lowest BCUT2D eigenvalue weighted by Gasteiger charge is -2.11. The number of carbonyl (C=O) groups excluding carboxylic acids is 1. The van der Waals surface area contributed by atoms with E-state index in [9.17, 15) is 18.0 Å². The van der Waals surface area contributed by atoms with Crippen molar-refractivity contribution < 1.29 is 22.7 Å². The number of alkyl halides is 3. The molecule has 0 aliphatic rings. The molecule has 0 fully saturated rings. The molecule has 0 amide bonds. The van der Waals surface area contributed by atoms with Gasteiger partial charge in [0.1, 0.15) is 5.69 Å². The second kappa shape index (κ2) is 7.04. The van der Waals surface area contributed by atoms with Crippen molar-refractivity contribution in [3.05, 3.63) is 41.6 Å². The van der Waals surface area contributed by atoms with Gasteiger partial charge in [-0.15, -0.1) is 0 Å². The Balaban J connectivity index is 2.42. The lowest BCUT2D eigenvalue weighted by atomic mass is 10.2. The van der Waals surface area contributed by atoms with Gasteiger partial charge in [-0.3, -0.25) is 4.79 Å². The van der Waals surface area contributed by atoms with Gasteiger partial charge in [0.25, 0.3) is 5.24 Å². The molecule has 1 heterocycles. The van der Waals surface area contributed by atoms with E-state index in [0.29, 0.717) is 6.61 Å². The first kappa shape index (κ1) is 17.3. The van der Waals surface area contributed by atoms with Crippen molar-refractivity contribution in [1.82, 2.24) is 9.78 Å². The first-order chi connectivity index (χ1) is 10.8. The number of rotatable bonds is 6. The van der Waals surface area contributed by atoms with Crippen LogP contribution in [0.4, 0.5) is 13.2 Å². The van der Waals surface area contributed by atoms with Crippen molar-refractivity contribution >= 4 is 16.8 Å². The maximum Gasteiger partial charge on any atom is 0.416 e. The van der Waals surface area contributed by atoms with Gasteiger partial charge in [0.05, 0.1) is 17.9 Å². The molecule has 0 saturated carbocycles. The third kappa shape index (κ3) is 4.25. The fraction of sp³-hybridized carbons (Fsp3) is 0.333. The molecule has 4 nitrogen and oxygen atoms in total. The molecule has 0 unspecified atom stereocenters. The summed E-state index contributed by atoms with van der Waals surface area (Å²) in [5.41, 5.74) is -0.769. The quantitative estimate of drug-likeness (QED) is 0.573. The Hall–Kier alpha value is -2.02. The molecule has 2 aromatic rings. The van der Waals surface area contributed by atoms with Crippen LogP contribution in [-0.2, 0) is 6.18 Å². The van der Waals surface area contributed by atoms with Crippen LogP contribution in [0, 0.1) is 0 Å². The van der Waals surface area contributed by atoms with Crippen molar-refractivity contribution in [3.8, 4) is 11.6 Å². The Labute approximate surface area is 135 Å². The van der Waals surface area contributed by atoms with Crippen molar-refractivity contribution in [3.63, 3.8) is 0 Å². The molecule has 23 heavy (non-hydrogen) atoms. The molecule has 0 saturated heterocycles. The predicted molar refractivity (Wildman–Crippen MR) is 79.2 cm³/mol. The van der Waals surface area contributed by atoms with E-state index in [-0.39, 0.29) is 17.3 Å². The van der Waals surface area contributed by atoms with Crippen LogP contribution in [0.1, 0.15) is 35.8 Å². The summed E-state index contributed by atoms with van der Waals surface area (Å²) in [6.07, 6.45) is -2.82. The van der Waals surface area contributed by atoms with Crippen molar-refractivity contribution in [2.24, 2.45) is 0 Å². The zero-order chi connectivity index (χ0) is 17.0. The highest BCUT2D eigenvalue weighted by Crippen LogP contribution is 2.31. The molecule has 2 rings (SSSR count). The lowest BCUT2D eigenvalue weighted by Crippen LogP contribution is -2.08. The average Bonchev–Trinajstić information content (AvgIpc) is 2.91. The van der Waals surface area contributed by atoms with E-state index in [1.54, 1.807) is 0 Å². The van der Waals surface area contributed by atoms with Crippen LogP contribution >= 0.6 is 11.6 Å². The largest absolute Gasteiger partial charge is 0.478 e. The first-order valence-corrected chi connectivity index (χ1v) is 7.31. The monoisotopic (exact) mass is 346 g/mol. The van der Waals surface area contributed by atoms with E-state index in [1.165, 1.54) is 18.2 Å². The molecule has 0 aliphatic carbocycles. The normalized spacial score (nSPS) is 11.5. The Kier molecular flexibility index (Phi) is 5.30. The number of ether oxygens (including phenoxy) is 1. The summed E-state index contributed by atoms with van der Waals surface area (Å²) in [6.45, 7) is 2.33. The summed E-state index contributed by atoms with van der Waals surface area (Å²) in [4.78, 5) is 11.3. The highest BCUT2D eigenvalue weighted by Gasteiger charge is 2.31. The topological polar surface area (TPSA) is 44.1 Å². The van der Waals surface area contributed by atoms with Gasteiger partial charge in [-0.25, -0.2) is 4.68 Å². The van der Waals surface area contributed by atoms with Crippen molar-refractivity contribution in [2.75, 3.05) is 6.61 Å². The molecule has 0 atom stereocenters. The first-order valence-electron chi connectivity index (χ1n) is 6.93. The highest BCUT2D eigenvalue weighted by molar-refractivity contribution is 6.67. The van der Waals surface area contributed by atoms with Crippen molar-refractivity contribution in [1.29, 1.82) is 0 Å². The minimum absolute atomic E-state index is 0.0874. The van der Waals surface area contributed by atoms with E-state index in [2.05, 4.69) is 5.10 Å². The maximum absolute atomic E-state index is 12.8. The van der Waals surface area contributed by atoms with E-state index in [0.717, 1.165) is 29.7 Å². The predicted octanol–water partition coefficient (Wildman–Crippen LogP) is 4.45. The molecule has 1 aromatic heterocycles. The van der Waals surface area contributed by atoms with Gasteiger partial charge >= 0.3 is 6.18 Å². The molecular weight excluding hydrogens is 333 g/mol. The molecule has 8 heteroatoms. The summed E-state index contributed by atoms with van der Waals surface area (Å²) in [6, 6.07) is 5.90. The number of hydrogen-bond acceptors (Lipinski definition) is 3. The third-order valence-electron chi connectivity index (χ3n) is 3.04. The highest BCUT2D eigenvalue weighted by atomic mass is 35.5. The second-order valence-corrected chi connectivity index (χ2v) is 5.15. The minimum atomic E-state index is -4.47. The van der Waals surface area contributed by atoms with Crippen LogP contribution in [0.5, 0.6) is 5.88 Å². The Bertz CT molecular complexity index is 698. The number of aromatic nitrogens is 2. The Morgan fingerprint density at radius 2 is 2.09 bits per heavy atom. The lowest BCUT2D eigenvalue weighted by molar-refractivity contribution is -0.137. The molecule has 0 bridgehead atoms. The molecule has 0 radical (unpaired) electrons. The summed E-state index contributed by atoms with van der Waals surface area (Å²) in [5.74, 6) is 0.168. The van der Waals surface area contributed by atoms with E-state index in [1.807, 2.05) is 6.92 Å². The minimum Gasteiger partial charge on any atom is -0.478 e. The fourth-order valence-electron chi connectivity index (χ4n) is 1.88. The number of benzene rings is 1. The van der Waals surface area contributed by atoms with Crippen LogP contribution in [-0.4, -0.2) is 21.6 Å². The van der Waals surface area contributed by atoms with Gasteiger partial charge in [-0.2, -0.15) is 18.3 Å². The summed E-state index contributed by atoms with van der Waals surface area (Å²) >= 11 is 5.39. The maximum atomic E-state index is 12.8. The number of nitrogens with zero attached hydrogens (tertiary/aromatic N) is 2. The standard InChI is InChI=1S/C15H14ClF3N2O2/c1-2-3-7-23-13-9-12(14(16)22)20-21(13)11-6-4-5-10(8-11)15(17,18)19/h4-6,8-9H,2-3,7H2,1H3. The van der Waals surface area contributed by atoms with Crippen LogP contribution < -0.4 is 4.74 Å². The van der Waals surface area contributed by atoms with Gasteiger partial charge in [-0.05, 0) is 36.2 Å². The molecule has 1 aromatic carbocycles. The van der Waals surface area contributed by atoms with E-state index in [4.69, 9.17) is 16.3 Å². The molecule has 0 aliphatic heterocycles. The zero-order valence-corrected chi connectivity index (χ0v) is 13.0. The second-order valence-electron chi connectivity index (χ2n) is 4.80. The summed E-state index contributed by atoms with van der Waals surface area (Å²) in [5, 5.41) is 3.12. The fourth-order valence-corrected chi connectivity index (χ4v) is 1.98. The van der Waals surface area contributed by atoms with Crippen molar-refractivity contribution in [2.45, 2.75) is 25.9 Å². The summed E-state index contributed by atoms with van der Waals surface area (Å²) < 4.78 is 45.1. The number of carbonyl (C=O) groups is 1. The summed E-state index contributed by atoms with van der Waals surface area (Å²) in [7, 11) is 0. The van der Waals surface area contributed by atoms with Crippen LogP contribution in [0.2, 0.25) is 0 Å². The number of hydrogen-bond donors (Lipinski definition) is 0. The van der Waals surface area contributed by atoms with Gasteiger partial charge in [0.15, 0.2) is 0 Å². The van der Waals surface area contributed by atoms with Gasteiger partial charge in [0.2, 0.25) is 5.88 Å². The van der Waals surface area contributed by atoms with E-state index < -0.39 is 17.0 Å². The van der Waals surface area contributed by atoms with Gasteiger partial charge in [0, 0.05) is 6.07 Å². The zero-order valence-electron chi connectivity index (χ0n) is 12.2. The number of unbranched alkanes of at least 4 members (excludes halogenated alkanes) is 1. The van der Waals surface area contributed by atoms with E-state index >= 15 is 0 Å². The Morgan fingerprint density at radius 1 is 1.35 bits per heavy atom. The smallest absolute Gasteiger partial charge is 0.416 e. The van der Waals surface area contributed by atoms with Crippen LogP contribution in [0.3, 0.4) is 0 Å². The average molecular weight is 347 g/mol. The van der Waals surface area contributed by atoms with Crippen LogP contribution in [0.25, 0.3) is 5.69 Å². The van der Waals surface area contributed by atoms with Crippen LogP contribution in [0.15, 0.2) is 30.3 Å². The van der Waals surface area contributed by atoms with Gasteiger partial charge < -0.3 is 4.74 Å². The molecule has 0 spiro atoms. The third-order valence-corrected chi connectivity index (χ3v) is 3.24. The Morgan fingerprint density at radius 3 is 2.70 bits per heavy atom.